The number of nitrogens with one attached hydrogen (secondary N) is 1. The maximum absolute atomic E-state index is 13.8. The number of rotatable bonds is 12. The Labute approximate surface area is 367 Å². The third kappa shape index (κ3) is 6.98. The number of hydrogen-bond donors (Lipinski definition) is 4. The van der Waals surface area contributed by atoms with Gasteiger partial charge in [0.25, 0.3) is 5.56 Å². The Kier molecular flexibility index (Phi) is 10.7. The highest BCUT2D eigenvalue weighted by molar-refractivity contribution is 5.90. The van der Waals surface area contributed by atoms with Gasteiger partial charge in [-0.1, -0.05) is 34.3 Å². The third-order valence-corrected chi connectivity index (χ3v) is 12.6. The molecular weight excluding hydrogens is 819 g/mol. The van der Waals surface area contributed by atoms with Gasteiger partial charge in [-0.2, -0.15) is 5.10 Å². The van der Waals surface area contributed by atoms with Gasteiger partial charge in [-0.15, -0.1) is 0 Å². The van der Waals surface area contributed by atoms with E-state index in [1.165, 1.54) is 15.5 Å². The fourth-order valence-corrected chi connectivity index (χ4v) is 8.93. The van der Waals surface area contributed by atoms with Crippen LogP contribution in [0.4, 0.5) is 4.79 Å². The van der Waals surface area contributed by atoms with Gasteiger partial charge in [0, 0.05) is 59.8 Å². The number of phenols is 2. The number of fused-ring (bicyclic) bond motifs is 6. The summed E-state index contributed by atoms with van der Waals surface area (Å²) in [5, 5.41) is 40.9. The molecule has 330 valence electrons. The summed E-state index contributed by atoms with van der Waals surface area (Å²) in [4.78, 5) is 46.4. The first-order valence-electron chi connectivity index (χ1n) is 21.3. The first kappa shape index (κ1) is 42.1. The first-order valence-corrected chi connectivity index (χ1v) is 21.3. The number of hydrogen-bond acceptors (Lipinski definition) is 11. The summed E-state index contributed by atoms with van der Waals surface area (Å²) < 4.78 is 22.5. The van der Waals surface area contributed by atoms with Crippen molar-refractivity contribution in [3.05, 3.63) is 128 Å². The van der Waals surface area contributed by atoms with E-state index in [1.54, 1.807) is 29.8 Å². The van der Waals surface area contributed by atoms with E-state index in [-0.39, 0.29) is 54.3 Å². The minimum Gasteiger partial charge on any atom is -0.508 e. The summed E-state index contributed by atoms with van der Waals surface area (Å²) in [5.74, 6) is 0.557. The minimum absolute atomic E-state index is 0.0260. The average molecular weight is 868 g/mol. The van der Waals surface area contributed by atoms with Crippen molar-refractivity contribution in [3.63, 3.8) is 0 Å². The Morgan fingerprint density at radius 3 is 2.61 bits per heavy atom. The maximum atomic E-state index is 13.8. The number of amides is 1. The van der Waals surface area contributed by atoms with Crippen molar-refractivity contribution in [1.82, 2.24) is 33.8 Å². The minimum atomic E-state index is -1.47. The van der Waals surface area contributed by atoms with Crippen LogP contribution in [0, 0.1) is 0 Å². The van der Waals surface area contributed by atoms with Crippen LogP contribution in [0.3, 0.4) is 0 Å². The zero-order valence-corrected chi connectivity index (χ0v) is 36.3. The van der Waals surface area contributed by atoms with Gasteiger partial charge < -0.3 is 43.6 Å². The number of carbonyl (C=O) groups is 1. The molecule has 2 aliphatic rings. The Balaban J connectivity index is 0.831. The van der Waals surface area contributed by atoms with E-state index in [2.05, 4.69) is 16.8 Å². The molecule has 16 nitrogen and oxygen atoms in total. The van der Waals surface area contributed by atoms with Crippen molar-refractivity contribution in [1.29, 1.82) is 0 Å². The molecule has 0 radical (unpaired) electrons. The highest BCUT2D eigenvalue weighted by Gasteiger charge is 2.41. The Bertz CT molecular complexity index is 3160. The molecular formula is C48H49N7O9. The molecule has 0 fully saturated rings. The smallest absolute Gasteiger partial charge is 0.415 e. The highest BCUT2D eigenvalue weighted by Crippen LogP contribution is 2.43. The zero-order chi connectivity index (χ0) is 45.2. The maximum Gasteiger partial charge on any atom is 0.415 e. The summed E-state index contributed by atoms with van der Waals surface area (Å²) in [5.41, 5.74) is 5.11. The Morgan fingerprint density at radius 1 is 1.03 bits per heavy atom. The molecule has 1 unspecified atom stereocenters. The first-order chi connectivity index (χ1) is 30.7. The molecule has 0 spiro atoms. The number of nitrogens with zero attached hydrogens (tertiary/aromatic N) is 6. The number of H-pyrrole nitrogens is 1. The number of likely N-dealkylation sites (N-methyl/N-ethyl adjacent to an activating group) is 1. The fourth-order valence-electron chi connectivity index (χ4n) is 8.93. The second kappa shape index (κ2) is 16.2. The van der Waals surface area contributed by atoms with Crippen LogP contribution in [-0.2, 0) is 41.2 Å². The van der Waals surface area contributed by atoms with Gasteiger partial charge in [0.2, 0.25) is 0 Å². The van der Waals surface area contributed by atoms with Crippen LogP contribution in [0.25, 0.3) is 50.3 Å². The number of carbonyl (C=O) groups excluding carboxylic acids is 1. The largest absolute Gasteiger partial charge is 0.508 e. The summed E-state index contributed by atoms with van der Waals surface area (Å²) in [6.45, 7) is 13.5. The van der Waals surface area contributed by atoms with Crippen LogP contribution < -0.4 is 16.0 Å². The quantitative estimate of drug-likeness (QED) is 0.0942. The molecule has 0 bridgehead atoms. The topological polar surface area (TPSA) is 199 Å². The van der Waals surface area contributed by atoms with Gasteiger partial charge in [0.05, 0.1) is 53.5 Å². The molecule has 7 aromatic rings. The molecule has 4 aromatic heterocycles. The predicted octanol–water partition coefficient (Wildman–Crippen LogP) is 6.81. The van der Waals surface area contributed by atoms with Gasteiger partial charge in [-0.05, 0) is 84.5 Å². The van der Waals surface area contributed by atoms with Gasteiger partial charge in [0.15, 0.2) is 5.82 Å². The standard InChI is InChI=1S/C48H49N7O9/c1-7-31-33-20-30(10-11-38(33)49-43-35(31)24-54-40(43)22-37-36(45(54)58)25-63-27(5)48(37,61)8-2)64-47(60)52(6)15-17-62-18-16-53-14-13-28-19-29(9-12-39(28)53)55-44(50-51-46(55)59)34-21-32(26(3)4)41(56)23-42(34)57/h9-14,19-23,26,56-57,61H,5,7-8,15-18,24-25H2,1-4,6H3,(H,51,59). The van der Waals surface area contributed by atoms with E-state index in [0.29, 0.717) is 83.1 Å². The van der Waals surface area contributed by atoms with Crippen LogP contribution in [0.2, 0.25) is 0 Å². The summed E-state index contributed by atoms with van der Waals surface area (Å²) in [6.07, 6.45) is 2.35. The number of pyridine rings is 2. The molecule has 0 saturated heterocycles. The molecule has 0 saturated carbocycles. The van der Waals surface area contributed by atoms with Crippen molar-refractivity contribution in [2.75, 3.05) is 26.8 Å². The molecule has 1 atom stereocenters. The monoisotopic (exact) mass is 867 g/mol. The van der Waals surface area contributed by atoms with Gasteiger partial charge in [-0.3, -0.25) is 4.79 Å². The second-order valence-corrected chi connectivity index (χ2v) is 16.6. The Morgan fingerprint density at radius 2 is 1.84 bits per heavy atom. The van der Waals surface area contributed by atoms with Crippen molar-refractivity contribution in [3.8, 4) is 45.7 Å². The summed E-state index contributed by atoms with van der Waals surface area (Å²) >= 11 is 0. The Hall–Kier alpha value is -7.17. The lowest BCUT2D eigenvalue weighted by Gasteiger charge is -2.35. The molecule has 64 heavy (non-hydrogen) atoms. The SMILES string of the molecule is C=C1OCc2c(cc3n(c2=O)Cc2c-3nc3ccc(OC(=O)N(C)CCOCCn4ccc5cc(-n6c(-c7cc(C(C)C)c(O)cc7O)n[nH]c6=O)ccc54)cc3c2CC)C1(O)CC. The number of benzene rings is 3. The molecule has 4 N–H and O–H groups in total. The zero-order valence-electron chi connectivity index (χ0n) is 36.3. The fraction of sp³-hybridized carbons (Fsp3) is 0.312. The molecule has 0 aliphatic carbocycles. The van der Waals surface area contributed by atoms with Gasteiger partial charge >= 0.3 is 11.8 Å². The van der Waals surface area contributed by atoms with Gasteiger partial charge in [0.1, 0.15) is 35.2 Å². The molecule has 6 heterocycles. The third-order valence-electron chi connectivity index (χ3n) is 12.6. The molecule has 1 amide bonds. The number of aromatic amines is 1. The van der Waals surface area contributed by atoms with E-state index in [0.717, 1.165) is 27.4 Å². The highest BCUT2D eigenvalue weighted by atomic mass is 16.6. The number of aromatic nitrogens is 6. The normalized spacial score (nSPS) is 15.4. The van der Waals surface area contributed by atoms with Crippen LogP contribution in [0.1, 0.15) is 67.9 Å². The predicted molar refractivity (Wildman–Crippen MR) is 240 cm³/mol. The molecule has 2 aliphatic heterocycles. The van der Waals surface area contributed by atoms with E-state index < -0.39 is 17.4 Å². The van der Waals surface area contributed by atoms with Crippen molar-refractivity contribution < 1.29 is 34.3 Å². The van der Waals surface area contributed by atoms with Crippen LogP contribution >= 0.6 is 0 Å². The molecule has 3 aromatic carbocycles. The van der Waals surface area contributed by atoms with E-state index in [9.17, 15) is 29.7 Å². The number of ether oxygens (including phenoxy) is 3. The number of aromatic hydroxyl groups is 2. The number of aliphatic hydroxyl groups is 1. The second-order valence-electron chi connectivity index (χ2n) is 16.6. The van der Waals surface area contributed by atoms with Crippen molar-refractivity contribution in [2.45, 2.75) is 71.8 Å². The number of phenolic OH excluding ortho intramolecular Hbond substituents is 2. The van der Waals surface area contributed by atoms with E-state index in [4.69, 9.17) is 19.2 Å². The number of aryl methyl sites for hydroxylation is 1. The van der Waals surface area contributed by atoms with Gasteiger partial charge in [-0.25, -0.2) is 24.2 Å². The van der Waals surface area contributed by atoms with Crippen LogP contribution in [0.15, 0.2) is 88.8 Å². The lowest BCUT2D eigenvalue weighted by atomic mass is 9.84. The molecule has 16 heteroatoms. The van der Waals surface area contributed by atoms with E-state index >= 15 is 0 Å². The summed E-state index contributed by atoms with van der Waals surface area (Å²) in [7, 11) is 1.65. The van der Waals surface area contributed by atoms with Crippen LogP contribution in [-0.4, -0.2) is 82.0 Å². The summed E-state index contributed by atoms with van der Waals surface area (Å²) in [6, 6.07) is 17.6. The molecule has 9 rings (SSSR count). The van der Waals surface area contributed by atoms with Crippen molar-refractivity contribution in [2.24, 2.45) is 0 Å². The van der Waals surface area contributed by atoms with Crippen LogP contribution in [0.5, 0.6) is 17.2 Å². The van der Waals surface area contributed by atoms with E-state index in [1.807, 2.05) is 74.9 Å². The lowest BCUT2D eigenvalue weighted by Crippen LogP contribution is -2.38. The van der Waals surface area contributed by atoms with Crippen molar-refractivity contribution >= 4 is 27.9 Å². The average Bonchev–Trinajstić information content (AvgIpc) is 3.98. The lowest BCUT2D eigenvalue weighted by molar-refractivity contribution is -0.0172.